The lowest BCUT2D eigenvalue weighted by Crippen LogP contribution is -2.46. The number of ether oxygens (including phenoxy) is 1. The molecule has 1 rings (SSSR count). The van der Waals surface area contributed by atoms with Crippen molar-refractivity contribution in [3.05, 3.63) is 0 Å². The molecule has 1 unspecified atom stereocenters. The summed E-state index contributed by atoms with van der Waals surface area (Å²) in [7, 11) is 0. The van der Waals surface area contributed by atoms with Crippen LogP contribution in [0.2, 0.25) is 0 Å². The van der Waals surface area contributed by atoms with Crippen LogP contribution in [0, 0.1) is 0 Å². The number of rotatable bonds is 6. The molecule has 1 fully saturated rings. The molecule has 1 N–H and O–H groups in total. The van der Waals surface area contributed by atoms with Crippen LogP contribution in [0.3, 0.4) is 0 Å². The summed E-state index contributed by atoms with van der Waals surface area (Å²) in [4.78, 5) is 2.00. The van der Waals surface area contributed by atoms with E-state index in [-0.39, 0.29) is 6.73 Å². The molecule has 1 aliphatic rings. The van der Waals surface area contributed by atoms with Gasteiger partial charge in [-0.3, -0.25) is 4.90 Å². The van der Waals surface area contributed by atoms with E-state index in [0.29, 0.717) is 6.04 Å². The monoisotopic (exact) mass is 254 g/mol. The van der Waals surface area contributed by atoms with Crippen molar-refractivity contribution in [3.63, 3.8) is 0 Å². The largest absolute Gasteiger partial charge is 0.411 e. The molecular weight excluding hydrogens is 233 g/mol. The summed E-state index contributed by atoms with van der Waals surface area (Å²) in [6.07, 6.45) is -1.01. The summed E-state index contributed by atoms with van der Waals surface area (Å²) in [5.41, 5.74) is 0. The second-order valence-corrected chi connectivity index (χ2v) is 4.36. The third kappa shape index (κ3) is 6.24. The second kappa shape index (κ2) is 7.18. The Labute approximate surface area is 100 Å². The average molecular weight is 254 g/mol. The molecule has 0 bridgehead atoms. The molecule has 1 atom stereocenters. The molecular formula is C11H21F3N2O. The maximum Gasteiger partial charge on any atom is 0.411 e. The average Bonchev–Trinajstić information content (AvgIpc) is 2.26. The fraction of sp³-hybridized carbons (Fsp3) is 1.00. The number of alkyl halides is 3. The van der Waals surface area contributed by atoms with Crippen LogP contribution in [0.1, 0.15) is 26.2 Å². The van der Waals surface area contributed by atoms with Crippen LogP contribution in [0.4, 0.5) is 13.2 Å². The highest BCUT2D eigenvalue weighted by atomic mass is 19.4. The van der Waals surface area contributed by atoms with Crippen molar-refractivity contribution in [1.82, 2.24) is 10.2 Å². The van der Waals surface area contributed by atoms with Gasteiger partial charge >= 0.3 is 6.18 Å². The molecule has 1 saturated heterocycles. The first-order valence-corrected chi connectivity index (χ1v) is 6.12. The molecule has 102 valence electrons. The number of piperidine rings is 1. The number of hydrogen-bond donors (Lipinski definition) is 1. The molecule has 3 nitrogen and oxygen atoms in total. The lowest BCUT2D eigenvalue weighted by atomic mass is 10.0. The summed E-state index contributed by atoms with van der Waals surface area (Å²) in [5.74, 6) is 0. The number of likely N-dealkylation sites (N-methyl/N-ethyl adjacent to an activating group) is 1. The van der Waals surface area contributed by atoms with Crippen LogP contribution in [-0.4, -0.2) is 50.1 Å². The fourth-order valence-corrected chi connectivity index (χ4v) is 2.05. The minimum Gasteiger partial charge on any atom is -0.357 e. The van der Waals surface area contributed by atoms with Crippen molar-refractivity contribution in [2.45, 2.75) is 38.4 Å². The lowest BCUT2D eigenvalue weighted by molar-refractivity contribution is -0.186. The topological polar surface area (TPSA) is 24.5 Å². The smallest absolute Gasteiger partial charge is 0.357 e. The zero-order valence-electron chi connectivity index (χ0n) is 10.2. The van der Waals surface area contributed by atoms with Crippen molar-refractivity contribution >= 4 is 0 Å². The predicted octanol–water partition coefficient (Wildman–Crippen LogP) is 1.99. The Morgan fingerprint density at radius 2 is 2.12 bits per heavy atom. The Morgan fingerprint density at radius 3 is 2.76 bits per heavy atom. The highest BCUT2D eigenvalue weighted by Crippen LogP contribution is 2.18. The second-order valence-electron chi connectivity index (χ2n) is 4.36. The molecule has 0 aromatic heterocycles. The summed E-state index contributed by atoms with van der Waals surface area (Å²) in [6, 6.07) is 0.303. The SMILES string of the molecule is CCNCC1CCCCN1COCC(F)(F)F. The van der Waals surface area contributed by atoms with E-state index in [1.165, 1.54) is 0 Å². The van der Waals surface area contributed by atoms with Crippen LogP contribution < -0.4 is 5.32 Å². The lowest BCUT2D eigenvalue weighted by Gasteiger charge is -2.35. The first-order valence-electron chi connectivity index (χ1n) is 6.12. The first kappa shape index (κ1) is 14.7. The Bertz CT molecular complexity index is 211. The zero-order valence-corrected chi connectivity index (χ0v) is 10.2. The van der Waals surface area contributed by atoms with Crippen molar-refractivity contribution in [3.8, 4) is 0 Å². The molecule has 0 saturated carbocycles. The predicted molar refractivity (Wildman–Crippen MR) is 59.8 cm³/mol. The van der Waals surface area contributed by atoms with Crippen LogP contribution in [0.15, 0.2) is 0 Å². The molecule has 0 radical (unpaired) electrons. The third-order valence-corrected chi connectivity index (χ3v) is 2.90. The summed E-state index contributed by atoms with van der Waals surface area (Å²) < 4.78 is 40.6. The number of nitrogens with zero attached hydrogens (tertiary/aromatic N) is 1. The van der Waals surface area contributed by atoms with Gasteiger partial charge in [0.2, 0.25) is 0 Å². The quantitative estimate of drug-likeness (QED) is 0.784. The molecule has 0 aromatic carbocycles. The van der Waals surface area contributed by atoms with Crippen molar-refractivity contribution in [2.75, 3.05) is 33.0 Å². The highest BCUT2D eigenvalue weighted by Gasteiger charge is 2.29. The number of halogens is 3. The fourth-order valence-electron chi connectivity index (χ4n) is 2.05. The van der Waals surface area contributed by atoms with Crippen LogP contribution in [-0.2, 0) is 4.74 Å². The molecule has 0 aliphatic carbocycles. The van der Waals surface area contributed by atoms with Crippen LogP contribution in [0.5, 0.6) is 0 Å². The van der Waals surface area contributed by atoms with Crippen molar-refractivity contribution in [1.29, 1.82) is 0 Å². The third-order valence-electron chi connectivity index (χ3n) is 2.90. The molecule has 0 spiro atoms. The number of nitrogens with one attached hydrogen (secondary N) is 1. The Balaban J connectivity index is 2.27. The van der Waals surface area contributed by atoms with E-state index in [1.807, 2.05) is 11.8 Å². The van der Waals surface area contributed by atoms with E-state index in [9.17, 15) is 13.2 Å². The standard InChI is InChI=1S/C11H21F3N2O/c1-2-15-7-10-5-3-4-6-16(10)9-17-8-11(12,13)14/h10,15H,2-9H2,1H3. The van der Waals surface area contributed by atoms with E-state index in [4.69, 9.17) is 4.74 Å². The summed E-state index contributed by atoms with van der Waals surface area (Å²) in [5, 5.41) is 3.24. The van der Waals surface area contributed by atoms with Gasteiger partial charge in [-0.1, -0.05) is 13.3 Å². The van der Waals surface area contributed by atoms with E-state index < -0.39 is 12.8 Å². The zero-order chi connectivity index (χ0) is 12.7. The van der Waals surface area contributed by atoms with Gasteiger partial charge in [0, 0.05) is 19.1 Å². The minimum atomic E-state index is -4.23. The Kier molecular flexibility index (Phi) is 6.22. The van der Waals surface area contributed by atoms with Crippen molar-refractivity contribution < 1.29 is 17.9 Å². The van der Waals surface area contributed by atoms with Gasteiger partial charge in [0.1, 0.15) is 6.61 Å². The molecule has 6 heteroatoms. The van der Waals surface area contributed by atoms with Gasteiger partial charge in [-0.25, -0.2) is 0 Å². The molecule has 1 aliphatic heterocycles. The van der Waals surface area contributed by atoms with Gasteiger partial charge in [-0.2, -0.15) is 13.2 Å². The maximum atomic E-state index is 12.0. The normalized spacial score (nSPS) is 22.9. The maximum absolute atomic E-state index is 12.0. The Hall–Kier alpha value is -0.330. The summed E-state index contributed by atoms with van der Waals surface area (Å²) in [6.45, 7) is 3.48. The summed E-state index contributed by atoms with van der Waals surface area (Å²) >= 11 is 0. The van der Waals surface area contributed by atoms with Gasteiger partial charge < -0.3 is 10.1 Å². The molecule has 0 amide bonds. The van der Waals surface area contributed by atoms with Gasteiger partial charge in [-0.05, 0) is 19.4 Å². The van der Waals surface area contributed by atoms with Gasteiger partial charge in [-0.15, -0.1) is 0 Å². The molecule has 17 heavy (non-hydrogen) atoms. The number of likely N-dealkylation sites (tertiary alicyclic amines) is 1. The van der Waals surface area contributed by atoms with Crippen LogP contribution >= 0.6 is 0 Å². The van der Waals surface area contributed by atoms with E-state index >= 15 is 0 Å². The van der Waals surface area contributed by atoms with E-state index in [0.717, 1.165) is 38.9 Å². The molecule has 0 aromatic rings. The van der Waals surface area contributed by atoms with E-state index in [2.05, 4.69) is 5.32 Å². The highest BCUT2D eigenvalue weighted by molar-refractivity contribution is 4.77. The van der Waals surface area contributed by atoms with E-state index in [1.54, 1.807) is 0 Å². The Morgan fingerprint density at radius 1 is 1.35 bits per heavy atom. The number of hydrogen-bond acceptors (Lipinski definition) is 3. The first-order chi connectivity index (χ1) is 8.03. The van der Waals surface area contributed by atoms with Crippen LogP contribution in [0.25, 0.3) is 0 Å². The van der Waals surface area contributed by atoms with Gasteiger partial charge in [0.25, 0.3) is 0 Å². The van der Waals surface area contributed by atoms with Gasteiger partial charge in [0.15, 0.2) is 0 Å². The minimum absolute atomic E-state index is 0.0789. The molecule has 1 heterocycles. The van der Waals surface area contributed by atoms with Gasteiger partial charge in [0.05, 0.1) is 6.73 Å². The van der Waals surface area contributed by atoms with Crippen molar-refractivity contribution in [2.24, 2.45) is 0 Å².